The molecule has 6 nitrogen and oxygen atoms in total. The van der Waals surface area contributed by atoms with Gasteiger partial charge in [0.2, 0.25) is 5.91 Å². The van der Waals surface area contributed by atoms with Gasteiger partial charge in [0, 0.05) is 62.3 Å². The van der Waals surface area contributed by atoms with E-state index in [1.165, 1.54) is 37.1 Å². The first-order valence-electron chi connectivity index (χ1n) is 12.6. The zero-order valence-electron chi connectivity index (χ0n) is 19.5. The molecule has 6 heteroatoms. The first-order valence-corrected chi connectivity index (χ1v) is 12.6. The summed E-state index contributed by atoms with van der Waals surface area (Å²) < 4.78 is 2.09. The van der Waals surface area contributed by atoms with E-state index < -0.39 is 0 Å². The number of fused-ring (bicyclic) bond motifs is 4. The first-order chi connectivity index (χ1) is 15.5. The van der Waals surface area contributed by atoms with Gasteiger partial charge in [0.1, 0.15) is 5.75 Å². The van der Waals surface area contributed by atoms with E-state index in [4.69, 9.17) is 0 Å². The molecule has 1 aromatic heterocycles. The lowest BCUT2D eigenvalue weighted by Gasteiger charge is -2.53. The van der Waals surface area contributed by atoms with E-state index in [1.54, 1.807) is 6.07 Å². The van der Waals surface area contributed by atoms with E-state index in [9.17, 15) is 9.90 Å². The molecule has 7 rings (SSSR count). The van der Waals surface area contributed by atoms with Crippen molar-refractivity contribution in [1.29, 1.82) is 0 Å². The summed E-state index contributed by atoms with van der Waals surface area (Å²) in [6.07, 6.45) is 4.74. The van der Waals surface area contributed by atoms with Crippen LogP contribution in [0.3, 0.4) is 0 Å². The highest BCUT2D eigenvalue weighted by atomic mass is 16.3. The van der Waals surface area contributed by atoms with E-state index in [1.807, 2.05) is 12.1 Å². The van der Waals surface area contributed by atoms with Gasteiger partial charge >= 0.3 is 0 Å². The average molecular weight is 437 g/mol. The fourth-order valence-electron chi connectivity index (χ4n) is 7.38. The Labute approximate surface area is 190 Å². The van der Waals surface area contributed by atoms with Gasteiger partial charge in [-0.3, -0.25) is 19.2 Å². The third kappa shape index (κ3) is 3.22. The van der Waals surface area contributed by atoms with Crippen molar-refractivity contribution in [3.05, 3.63) is 29.5 Å². The molecule has 2 aromatic rings. The average Bonchev–Trinajstić information content (AvgIpc) is 3.06. The molecule has 1 unspecified atom stereocenters. The summed E-state index contributed by atoms with van der Waals surface area (Å²) in [4.78, 5) is 21.3. The summed E-state index contributed by atoms with van der Waals surface area (Å²) in [5, 5.41) is 11.4. The SMILES string of the molecule is CC[C@H]1C[C@@H]2C[C@H]3c4c(c5cc(O)ccc5n4C(=O)CN4CCN(C)CC4)CCN(C2)[C@@H]13. The van der Waals surface area contributed by atoms with Crippen LogP contribution in [0.5, 0.6) is 5.75 Å². The van der Waals surface area contributed by atoms with Crippen molar-refractivity contribution in [3.63, 3.8) is 0 Å². The number of hydrogen-bond donors (Lipinski definition) is 1. The number of aromatic nitrogens is 1. The monoisotopic (exact) mass is 436 g/mol. The molecule has 1 saturated carbocycles. The molecule has 1 aromatic carbocycles. The number of likely N-dealkylation sites (N-methyl/N-ethyl adjacent to an activating group) is 1. The lowest BCUT2D eigenvalue weighted by molar-refractivity contribution is -0.0141. The Morgan fingerprint density at radius 3 is 2.72 bits per heavy atom. The summed E-state index contributed by atoms with van der Waals surface area (Å²) in [5.74, 6) is 2.40. The molecule has 1 aliphatic carbocycles. The Morgan fingerprint density at radius 2 is 1.94 bits per heavy atom. The molecule has 0 spiro atoms. The normalized spacial score (nSPS) is 32.8. The molecule has 32 heavy (non-hydrogen) atoms. The third-order valence-corrected chi connectivity index (χ3v) is 8.86. The highest BCUT2D eigenvalue weighted by Gasteiger charge is 2.49. The maximum absolute atomic E-state index is 13.9. The minimum Gasteiger partial charge on any atom is -0.508 e. The number of aromatic hydroxyl groups is 1. The van der Waals surface area contributed by atoms with Crippen molar-refractivity contribution < 1.29 is 9.90 Å². The van der Waals surface area contributed by atoms with Crippen molar-refractivity contribution in [1.82, 2.24) is 19.3 Å². The van der Waals surface area contributed by atoms with Gasteiger partial charge in [-0.2, -0.15) is 0 Å². The number of phenols is 1. The third-order valence-electron chi connectivity index (χ3n) is 8.86. The molecule has 0 amide bonds. The van der Waals surface area contributed by atoms with Gasteiger partial charge in [0.05, 0.1) is 12.1 Å². The fourth-order valence-corrected chi connectivity index (χ4v) is 7.38. The second-order valence-corrected chi connectivity index (χ2v) is 10.7. The van der Waals surface area contributed by atoms with Crippen LogP contribution in [0, 0.1) is 11.8 Å². The molecular formula is C26H36N4O2. The molecule has 4 bridgehead atoms. The quantitative estimate of drug-likeness (QED) is 0.802. The van der Waals surface area contributed by atoms with Gasteiger partial charge in [-0.05, 0) is 61.9 Å². The fraction of sp³-hybridized carbons (Fsp3) is 0.654. The standard InChI is InChI=1S/C26H36N4O2/c1-3-18-12-17-13-22-25(18)29(15-17)7-6-20-21-14-19(31)4-5-23(21)30(26(20)22)24(32)16-28-10-8-27(2)9-11-28/h4-5,14,17-18,22,25,31H,3,6-13,15-16H2,1-2H3/t17-,18+,22-,25+/m1/s1. The van der Waals surface area contributed by atoms with E-state index in [0.717, 1.165) is 61.9 Å². The highest BCUT2D eigenvalue weighted by molar-refractivity contribution is 5.97. The van der Waals surface area contributed by atoms with Crippen molar-refractivity contribution in [2.45, 2.75) is 44.6 Å². The van der Waals surface area contributed by atoms with Crippen LogP contribution in [0.25, 0.3) is 10.9 Å². The molecule has 5 aliphatic rings. The smallest absolute Gasteiger partial charge is 0.245 e. The number of piperazine rings is 1. The van der Waals surface area contributed by atoms with Crippen LogP contribution < -0.4 is 0 Å². The minimum atomic E-state index is 0.203. The van der Waals surface area contributed by atoms with Crippen LogP contribution in [0.4, 0.5) is 0 Å². The molecule has 3 saturated heterocycles. The number of hydrogen-bond acceptors (Lipinski definition) is 5. The molecule has 1 N–H and O–H groups in total. The second kappa shape index (κ2) is 7.86. The van der Waals surface area contributed by atoms with Gasteiger partial charge in [-0.25, -0.2) is 0 Å². The number of carbonyl (C=O) groups excluding carboxylic acids is 1. The second-order valence-electron chi connectivity index (χ2n) is 10.7. The van der Waals surface area contributed by atoms with Crippen LogP contribution in [0.15, 0.2) is 18.2 Å². The Kier molecular flexibility index (Phi) is 5.08. The van der Waals surface area contributed by atoms with E-state index >= 15 is 0 Å². The topological polar surface area (TPSA) is 52.0 Å². The van der Waals surface area contributed by atoms with Gasteiger partial charge < -0.3 is 10.0 Å². The van der Waals surface area contributed by atoms with Crippen molar-refractivity contribution >= 4 is 16.8 Å². The summed E-state index contributed by atoms with van der Waals surface area (Å²) >= 11 is 0. The molecular weight excluding hydrogens is 400 g/mol. The Morgan fingerprint density at radius 1 is 1.12 bits per heavy atom. The Bertz CT molecular complexity index is 1040. The van der Waals surface area contributed by atoms with E-state index in [2.05, 4.69) is 33.2 Å². The predicted molar refractivity (Wildman–Crippen MR) is 126 cm³/mol. The predicted octanol–water partition coefficient (Wildman–Crippen LogP) is 2.99. The number of benzene rings is 1. The van der Waals surface area contributed by atoms with E-state index in [-0.39, 0.29) is 5.91 Å². The van der Waals surface area contributed by atoms with Crippen LogP contribution in [-0.2, 0) is 6.42 Å². The molecule has 172 valence electrons. The van der Waals surface area contributed by atoms with Gasteiger partial charge in [-0.15, -0.1) is 0 Å². The van der Waals surface area contributed by atoms with Gasteiger partial charge in [-0.1, -0.05) is 13.3 Å². The molecule has 4 aliphatic heterocycles. The molecule has 5 heterocycles. The van der Waals surface area contributed by atoms with Crippen LogP contribution in [0.2, 0.25) is 0 Å². The van der Waals surface area contributed by atoms with Crippen molar-refractivity contribution in [2.75, 3.05) is 52.9 Å². The Balaban J connectivity index is 1.46. The maximum atomic E-state index is 13.9. The number of piperidine rings is 2. The van der Waals surface area contributed by atoms with E-state index in [0.29, 0.717) is 24.3 Å². The lowest BCUT2D eigenvalue weighted by Crippen LogP contribution is -2.56. The van der Waals surface area contributed by atoms with Crippen LogP contribution >= 0.6 is 0 Å². The largest absolute Gasteiger partial charge is 0.508 e. The van der Waals surface area contributed by atoms with Crippen LogP contribution in [-0.4, -0.2) is 89.2 Å². The summed E-state index contributed by atoms with van der Waals surface area (Å²) in [7, 11) is 2.15. The first kappa shape index (κ1) is 20.7. The number of carbonyl (C=O) groups is 1. The van der Waals surface area contributed by atoms with Gasteiger partial charge in [0.15, 0.2) is 0 Å². The summed E-state index contributed by atoms with van der Waals surface area (Å²) in [6, 6.07) is 6.17. The van der Waals surface area contributed by atoms with Crippen LogP contribution in [0.1, 0.15) is 48.2 Å². The van der Waals surface area contributed by atoms with Crippen molar-refractivity contribution in [3.8, 4) is 5.75 Å². The number of phenolic OH excluding ortho intramolecular Hbond substituents is 1. The molecule has 0 radical (unpaired) electrons. The maximum Gasteiger partial charge on any atom is 0.245 e. The molecule has 5 atom stereocenters. The highest BCUT2D eigenvalue weighted by Crippen LogP contribution is 2.52. The minimum absolute atomic E-state index is 0.203. The number of rotatable bonds is 3. The lowest BCUT2D eigenvalue weighted by atomic mass is 9.65. The Hall–Kier alpha value is -1.89. The van der Waals surface area contributed by atoms with Gasteiger partial charge in [0.25, 0.3) is 0 Å². The molecule has 4 fully saturated rings. The van der Waals surface area contributed by atoms with Crippen molar-refractivity contribution in [2.24, 2.45) is 11.8 Å². The number of nitrogens with zero attached hydrogens (tertiary/aromatic N) is 4. The summed E-state index contributed by atoms with van der Waals surface area (Å²) in [5.41, 5.74) is 3.59. The zero-order valence-corrected chi connectivity index (χ0v) is 19.5. The zero-order chi connectivity index (χ0) is 22.0. The summed E-state index contributed by atoms with van der Waals surface area (Å²) in [6.45, 7) is 9.05.